The van der Waals surface area contributed by atoms with E-state index >= 15 is 0 Å². The molecular formula is C24H15BrN2O. The summed E-state index contributed by atoms with van der Waals surface area (Å²) in [4.78, 5) is 2.32. The summed E-state index contributed by atoms with van der Waals surface area (Å²) in [6.07, 6.45) is 0. The lowest BCUT2D eigenvalue weighted by atomic mass is 10.0. The van der Waals surface area contributed by atoms with Crippen LogP contribution in [0, 0.1) is 0 Å². The maximum Gasteiger partial charge on any atom is 0.137 e. The van der Waals surface area contributed by atoms with Crippen molar-refractivity contribution in [2.45, 2.75) is 0 Å². The van der Waals surface area contributed by atoms with Gasteiger partial charge in [0.05, 0.1) is 33.8 Å². The first-order valence-corrected chi connectivity index (χ1v) is 9.95. The van der Waals surface area contributed by atoms with Gasteiger partial charge in [0.2, 0.25) is 0 Å². The van der Waals surface area contributed by atoms with E-state index in [1.54, 1.807) is 0 Å². The van der Waals surface area contributed by atoms with E-state index in [1.807, 2.05) is 18.2 Å². The van der Waals surface area contributed by atoms with Gasteiger partial charge in [0.15, 0.2) is 0 Å². The van der Waals surface area contributed by atoms with Crippen LogP contribution in [0.2, 0.25) is 0 Å². The fraction of sp³-hybridized carbons (Fsp3) is 0. The van der Waals surface area contributed by atoms with E-state index in [9.17, 15) is 0 Å². The third-order valence-electron chi connectivity index (χ3n) is 5.25. The largest absolute Gasteiger partial charge is 0.456 e. The number of hydrogen-bond donors (Lipinski definition) is 1. The monoisotopic (exact) mass is 426 g/mol. The Morgan fingerprint density at radius 3 is 1.89 bits per heavy atom. The molecule has 1 N–H and O–H groups in total. The molecule has 4 heteroatoms. The van der Waals surface area contributed by atoms with Gasteiger partial charge in [0, 0.05) is 9.86 Å². The lowest BCUT2D eigenvalue weighted by Gasteiger charge is -2.34. The van der Waals surface area contributed by atoms with Gasteiger partial charge in [0.25, 0.3) is 0 Å². The molecule has 134 valence electrons. The van der Waals surface area contributed by atoms with Gasteiger partial charge in [-0.3, -0.25) is 0 Å². The first-order valence-electron chi connectivity index (χ1n) is 9.16. The number of anilines is 5. The van der Waals surface area contributed by atoms with Crippen LogP contribution in [-0.2, 0) is 0 Å². The minimum atomic E-state index is 0.882. The Bertz CT molecular complexity index is 1330. The fourth-order valence-electron chi connectivity index (χ4n) is 4.08. The van der Waals surface area contributed by atoms with Crippen molar-refractivity contribution in [3.63, 3.8) is 0 Å². The van der Waals surface area contributed by atoms with E-state index in [1.165, 1.54) is 0 Å². The molecule has 0 saturated heterocycles. The van der Waals surface area contributed by atoms with Crippen molar-refractivity contribution in [2.75, 3.05) is 10.2 Å². The van der Waals surface area contributed by atoms with Gasteiger partial charge in [-0.15, -0.1) is 0 Å². The number of benzene rings is 4. The van der Waals surface area contributed by atoms with Crippen molar-refractivity contribution in [3.05, 3.63) is 89.4 Å². The van der Waals surface area contributed by atoms with Crippen LogP contribution in [0.25, 0.3) is 21.9 Å². The highest BCUT2D eigenvalue weighted by Crippen LogP contribution is 2.51. The molecule has 1 aromatic heterocycles. The average molecular weight is 427 g/mol. The van der Waals surface area contributed by atoms with Crippen molar-refractivity contribution in [1.29, 1.82) is 0 Å². The van der Waals surface area contributed by atoms with Gasteiger partial charge >= 0.3 is 0 Å². The third-order valence-corrected chi connectivity index (χ3v) is 5.91. The Kier molecular flexibility index (Phi) is 3.31. The molecule has 0 fully saturated rings. The van der Waals surface area contributed by atoms with Gasteiger partial charge < -0.3 is 14.6 Å². The highest BCUT2D eigenvalue weighted by molar-refractivity contribution is 9.10. The summed E-state index contributed by atoms with van der Waals surface area (Å²) < 4.78 is 7.20. The number of rotatable bonds is 1. The zero-order chi connectivity index (χ0) is 18.7. The van der Waals surface area contributed by atoms with E-state index in [4.69, 9.17) is 4.42 Å². The number of fused-ring (bicyclic) bond motifs is 5. The second kappa shape index (κ2) is 5.88. The second-order valence-electron chi connectivity index (χ2n) is 6.86. The summed E-state index contributed by atoms with van der Waals surface area (Å²) >= 11 is 3.73. The molecule has 5 aromatic rings. The number of furan rings is 1. The lowest BCUT2D eigenvalue weighted by Crippen LogP contribution is -2.17. The van der Waals surface area contributed by atoms with Crippen molar-refractivity contribution < 1.29 is 4.42 Å². The number of halogens is 1. The highest BCUT2D eigenvalue weighted by Gasteiger charge is 2.26. The average Bonchev–Trinajstić information content (AvgIpc) is 3.12. The Labute approximate surface area is 170 Å². The Morgan fingerprint density at radius 1 is 0.607 bits per heavy atom. The zero-order valence-corrected chi connectivity index (χ0v) is 16.4. The molecular weight excluding hydrogens is 412 g/mol. The predicted molar refractivity (Wildman–Crippen MR) is 119 cm³/mol. The first kappa shape index (κ1) is 15.8. The first-order chi connectivity index (χ1) is 13.8. The lowest BCUT2D eigenvalue weighted by molar-refractivity contribution is 0.669. The van der Waals surface area contributed by atoms with Gasteiger partial charge in [-0.25, -0.2) is 0 Å². The molecule has 28 heavy (non-hydrogen) atoms. The molecule has 3 nitrogen and oxygen atoms in total. The molecule has 0 bridgehead atoms. The van der Waals surface area contributed by atoms with Crippen molar-refractivity contribution in [3.8, 4) is 0 Å². The maximum atomic E-state index is 6.17. The number of nitrogens with zero attached hydrogens (tertiary/aromatic N) is 1. The molecule has 4 aromatic carbocycles. The van der Waals surface area contributed by atoms with Crippen LogP contribution in [0.1, 0.15) is 0 Å². The van der Waals surface area contributed by atoms with E-state index in [2.05, 4.69) is 92.9 Å². The summed E-state index contributed by atoms with van der Waals surface area (Å²) in [6, 6.07) is 29.1. The molecule has 0 radical (unpaired) electrons. The minimum Gasteiger partial charge on any atom is -0.456 e. The van der Waals surface area contributed by atoms with Crippen LogP contribution < -0.4 is 10.2 Å². The summed E-state index contributed by atoms with van der Waals surface area (Å²) in [7, 11) is 0. The summed E-state index contributed by atoms with van der Waals surface area (Å²) in [5.74, 6) is 0. The molecule has 1 aliphatic heterocycles. The van der Waals surface area contributed by atoms with Gasteiger partial charge in [-0.2, -0.15) is 0 Å². The number of nitrogens with one attached hydrogen (secondary N) is 1. The van der Waals surface area contributed by atoms with Crippen LogP contribution >= 0.6 is 15.9 Å². The molecule has 0 spiro atoms. The zero-order valence-electron chi connectivity index (χ0n) is 14.8. The predicted octanol–water partition coefficient (Wildman–Crippen LogP) is 7.88. The maximum absolute atomic E-state index is 6.17. The van der Waals surface area contributed by atoms with E-state index in [0.29, 0.717) is 0 Å². The topological polar surface area (TPSA) is 28.4 Å². The van der Waals surface area contributed by atoms with Crippen molar-refractivity contribution in [1.82, 2.24) is 0 Å². The summed E-state index contributed by atoms with van der Waals surface area (Å²) in [5, 5.41) is 5.76. The molecule has 1 aliphatic rings. The Balaban J connectivity index is 1.75. The van der Waals surface area contributed by atoms with Crippen molar-refractivity contribution >= 4 is 66.3 Å². The molecule has 0 amide bonds. The normalized spacial score (nSPS) is 12.7. The molecule has 0 unspecified atom stereocenters. The number of para-hydroxylation sites is 4. The third kappa shape index (κ3) is 2.15. The fourth-order valence-corrected chi connectivity index (χ4v) is 4.62. The van der Waals surface area contributed by atoms with Crippen LogP contribution in [0.4, 0.5) is 28.4 Å². The molecule has 0 aliphatic carbocycles. The minimum absolute atomic E-state index is 0.882. The number of hydrogen-bond acceptors (Lipinski definition) is 3. The quantitative estimate of drug-likeness (QED) is 0.289. The summed E-state index contributed by atoms with van der Waals surface area (Å²) in [6.45, 7) is 0. The van der Waals surface area contributed by atoms with E-state index in [0.717, 1.165) is 54.8 Å². The van der Waals surface area contributed by atoms with E-state index in [-0.39, 0.29) is 0 Å². The highest BCUT2D eigenvalue weighted by atomic mass is 79.9. The van der Waals surface area contributed by atoms with E-state index < -0.39 is 0 Å². The standard InChI is InChI=1S/C24H15BrN2O/c25-15-7-5-13-21-23(15)24-20(12-6-14-22(24)28-21)27-18-10-3-1-8-16(18)26-17-9-2-4-11-19(17)27/h1-14,26H. The second-order valence-corrected chi connectivity index (χ2v) is 7.71. The van der Waals surface area contributed by atoms with Gasteiger partial charge in [0.1, 0.15) is 11.2 Å². The Morgan fingerprint density at radius 2 is 1.18 bits per heavy atom. The van der Waals surface area contributed by atoms with Crippen molar-refractivity contribution in [2.24, 2.45) is 0 Å². The Hall–Kier alpha value is -3.24. The summed E-state index contributed by atoms with van der Waals surface area (Å²) in [5.41, 5.74) is 7.28. The van der Waals surface area contributed by atoms with Crippen LogP contribution in [0.3, 0.4) is 0 Å². The van der Waals surface area contributed by atoms with Crippen LogP contribution in [0.15, 0.2) is 93.8 Å². The van der Waals surface area contributed by atoms with Gasteiger partial charge in [-0.1, -0.05) is 52.3 Å². The smallest absolute Gasteiger partial charge is 0.137 e. The SMILES string of the molecule is Brc1cccc2oc3cccc(N4c5ccccc5Nc5ccccc54)c3c12. The van der Waals surface area contributed by atoms with Gasteiger partial charge in [-0.05, 0) is 48.5 Å². The molecule has 0 atom stereocenters. The molecule has 6 rings (SSSR count). The molecule has 2 heterocycles. The van der Waals surface area contributed by atoms with Crippen LogP contribution in [-0.4, -0.2) is 0 Å². The van der Waals surface area contributed by atoms with Crippen LogP contribution in [0.5, 0.6) is 0 Å². The molecule has 0 saturated carbocycles.